The Morgan fingerprint density at radius 2 is 2.10 bits per heavy atom. The van der Waals surface area contributed by atoms with E-state index in [4.69, 9.17) is 0 Å². The number of amides is 1. The molecular weight excluding hydrogens is 272 g/mol. The number of carbonyl (C=O) groups excluding carboxylic acids is 1. The van der Waals surface area contributed by atoms with Crippen molar-refractivity contribution in [3.8, 4) is 0 Å². The fraction of sp³-hybridized carbons (Fsp3) is 0.143. The third kappa shape index (κ3) is 2.97. The van der Waals surface area contributed by atoms with Gasteiger partial charge in [0.15, 0.2) is 0 Å². The van der Waals surface area contributed by atoms with Crippen molar-refractivity contribution < 1.29 is 9.72 Å². The van der Waals surface area contributed by atoms with E-state index < -0.39 is 4.92 Å². The van der Waals surface area contributed by atoms with E-state index in [1.165, 1.54) is 23.1 Å². The molecule has 108 valence electrons. The summed E-state index contributed by atoms with van der Waals surface area (Å²) < 4.78 is 0. The number of nitro benzene ring substituents is 1. The fourth-order valence-electron chi connectivity index (χ4n) is 1.88. The Kier molecular flexibility index (Phi) is 4.13. The van der Waals surface area contributed by atoms with Crippen molar-refractivity contribution in [3.63, 3.8) is 0 Å². The zero-order valence-electron chi connectivity index (χ0n) is 11.6. The molecule has 1 heterocycles. The molecule has 1 N–H and O–H groups in total. The number of nitrogens with zero attached hydrogens (tertiary/aromatic N) is 3. The van der Waals surface area contributed by atoms with E-state index in [1.54, 1.807) is 38.5 Å². The van der Waals surface area contributed by atoms with Gasteiger partial charge in [-0.25, -0.2) is 4.98 Å². The molecule has 0 fully saturated rings. The lowest BCUT2D eigenvalue weighted by molar-refractivity contribution is -0.383. The van der Waals surface area contributed by atoms with Crippen LogP contribution in [0.2, 0.25) is 0 Å². The van der Waals surface area contributed by atoms with Gasteiger partial charge in [0.1, 0.15) is 11.5 Å². The Bertz CT molecular complexity index is 673. The van der Waals surface area contributed by atoms with Crippen molar-refractivity contribution >= 4 is 23.1 Å². The highest BCUT2D eigenvalue weighted by molar-refractivity contribution is 6.06. The maximum Gasteiger partial charge on any atom is 0.292 e. The van der Waals surface area contributed by atoms with Crippen LogP contribution < -0.4 is 10.2 Å². The van der Waals surface area contributed by atoms with E-state index in [-0.39, 0.29) is 11.6 Å². The second-order valence-electron chi connectivity index (χ2n) is 4.29. The van der Waals surface area contributed by atoms with Gasteiger partial charge in [-0.2, -0.15) is 0 Å². The van der Waals surface area contributed by atoms with Crippen LogP contribution in [0.1, 0.15) is 10.4 Å². The Morgan fingerprint density at radius 3 is 2.67 bits per heavy atom. The van der Waals surface area contributed by atoms with Crippen LogP contribution in [0.15, 0.2) is 42.6 Å². The van der Waals surface area contributed by atoms with Gasteiger partial charge in [0.25, 0.3) is 11.6 Å². The van der Waals surface area contributed by atoms with E-state index in [9.17, 15) is 14.9 Å². The standard InChI is InChI=1S/C14H14N4O3/c1-15-11-9-10(6-7-12(11)18(20)21)14(19)17(2)13-5-3-4-8-16-13/h3-9,15H,1-2H3. The number of aromatic nitrogens is 1. The SMILES string of the molecule is CNc1cc(C(=O)N(C)c2ccccn2)ccc1[N+](=O)[O-]. The lowest BCUT2D eigenvalue weighted by Gasteiger charge is -2.16. The molecule has 0 saturated heterocycles. The quantitative estimate of drug-likeness (QED) is 0.688. The summed E-state index contributed by atoms with van der Waals surface area (Å²) in [7, 11) is 3.17. The average molecular weight is 286 g/mol. The highest BCUT2D eigenvalue weighted by atomic mass is 16.6. The Labute approximate surface area is 121 Å². The molecule has 0 radical (unpaired) electrons. The molecule has 1 aromatic carbocycles. The second-order valence-corrected chi connectivity index (χ2v) is 4.29. The Hall–Kier alpha value is -2.96. The van der Waals surface area contributed by atoms with Crippen molar-refractivity contribution in [1.29, 1.82) is 0 Å². The van der Waals surface area contributed by atoms with Crippen LogP contribution >= 0.6 is 0 Å². The molecular formula is C14H14N4O3. The van der Waals surface area contributed by atoms with Gasteiger partial charge in [0.2, 0.25) is 0 Å². The molecule has 0 saturated carbocycles. The summed E-state index contributed by atoms with van der Waals surface area (Å²) in [5.74, 6) is 0.215. The minimum absolute atomic E-state index is 0.0745. The highest BCUT2D eigenvalue weighted by Crippen LogP contribution is 2.25. The number of nitrogens with one attached hydrogen (secondary N) is 1. The summed E-state index contributed by atoms with van der Waals surface area (Å²) in [4.78, 5) is 28.2. The molecule has 21 heavy (non-hydrogen) atoms. The number of rotatable bonds is 4. The van der Waals surface area contributed by atoms with Gasteiger partial charge in [-0.05, 0) is 24.3 Å². The number of hydrogen-bond donors (Lipinski definition) is 1. The molecule has 0 unspecified atom stereocenters. The molecule has 0 bridgehead atoms. The van der Waals surface area contributed by atoms with Crippen LogP contribution in [-0.2, 0) is 0 Å². The normalized spacial score (nSPS) is 10.0. The molecule has 7 heteroatoms. The average Bonchev–Trinajstić information content (AvgIpc) is 2.53. The molecule has 0 spiro atoms. The summed E-state index contributed by atoms with van der Waals surface area (Å²) in [6.07, 6.45) is 1.59. The minimum atomic E-state index is -0.497. The van der Waals surface area contributed by atoms with E-state index in [2.05, 4.69) is 10.3 Å². The maximum atomic E-state index is 12.4. The number of pyridine rings is 1. The summed E-state index contributed by atoms with van der Waals surface area (Å²) in [6.45, 7) is 0. The fourth-order valence-corrected chi connectivity index (χ4v) is 1.88. The van der Waals surface area contributed by atoms with Gasteiger partial charge in [0, 0.05) is 31.9 Å². The van der Waals surface area contributed by atoms with E-state index >= 15 is 0 Å². The first-order chi connectivity index (χ1) is 10.0. The van der Waals surface area contributed by atoms with Crippen LogP contribution in [-0.4, -0.2) is 29.9 Å². The summed E-state index contributed by atoms with van der Waals surface area (Å²) in [5, 5.41) is 13.6. The molecule has 2 rings (SSSR count). The number of nitro groups is 1. The molecule has 0 aliphatic rings. The minimum Gasteiger partial charge on any atom is -0.383 e. The number of carbonyl (C=O) groups is 1. The Balaban J connectivity index is 2.34. The lowest BCUT2D eigenvalue weighted by atomic mass is 10.1. The first-order valence-corrected chi connectivity index (χ1v) is 6.20. The monoisotopic (exact) mass is 286 g/mol. The molecule has 0 aliphatic heterocycles. The summed E-state index contributed by atoms with van der Waals surface area (Å²) in [5.41, 5.74) is 0.563. The van der Waals surface area contributed by atoms with Gasteiger partial charge in [-0.15, -0.1) is 0 Å². The van der Waals surface area contributed by atoms with Crippen LogP contribution in [0, 0.1) is 10.1 Å². The predicted octanol–water partition coefficient (Wildman–Crippen LogP) is 2.31. The molecule has 1 amide bonds. The second kappa shape index (κ2) is 6.00. The summed E-state index contributed by atoms with van der Waals surface area (Å²) in [6, 6.07) is 9.45. The Morgan fingerprint density at radius 1 is 1.33 bits per heavy atom. The van der Waals surface area contributed by atoms with Gasteiger partial charge in [-0.3, -0.25) is 19.8 Å². The first-order valence-electron chi connectivity index (χ1n) is 6.20. The van der Waals surface area contributed by atoms with E-state index in [1.807, 2.05) is 0 Å². The number of hydrogen-bond acceptors (Lipinski definition) is 5. The van der Waals surface area contributed by atoms with Gasteiger partial charge >= 0.3 is 0 Å². The zero-order valence-corrected chi connectivity index (χ0v) is 11.6. The van der Waals surface area contributed by atoms with Crippen molar-refractivity contribution in [2.24, 2.45) is 0 Å². The van der Waals surface area contributed by atoms with Gasteiger partial charge < -0.3 is 5.32 Å². The van der Waals surface area contributed by atoms with Crippen LogP contribution in [0.3, 0.4) is 0 Å². The van der Waals surface area contributed by atoms with Crippen molar-refractivity contribution in [1.82, 2.24) is 4.98 Å². The lowest BCUT2D eigenvalue weighted by Crippen LogP contribution is -2.27. The largest absolute Gasteiger partial charge is 0.383 e. The van der Waals surface area contributed by atoms with Crippen LogP contribution in [0.4, 0.5) is 17.2 Å². The molecule has 2 aromatic rings. The van der Waals surface area contributed by atoms with Crippen LogP contribution in [0.25, 0.3) is 0 Å². The first kappa shape index (κ1) is 14.4. The third-order valence-corrected chi connectivity index (χ3v) is 3.01. The molecule has 0 atom stereocenters. The third-order valence-electron chi connectivity index (χ3n) is 3.01. The smallest absolute Gasteiger partial charge is 0.292 e. The molecule has 7 nitrogen and oxygen atoms in total. The van der Waals surface area contributed by atoms with E-state index in [0.29, 0.717) is 17.1 Å². The highest BCUT2D eigenvalue weighted by Gasteiger charge is 2.19. The van der Waals surface area contributed by atoms with E-state index in [0.717, 1.165) is 0 Å². The topological polar surface area (TPSA) is 88.4 Å². The zero-order chi connectivity index (χ0) is 15.4. The van der Waals surface area contributed by atoms with Crippen molar-refractivity contribution in [3.05, 3.63) is 58.3 Å². The van der Waals surface area contributed by atoms with Gasteiger partial charge in [-0.1, -0.05) is 6.07 Å². The number of anilines is 2. The predicted molar refractivity (Wildman–Crippen MR) is 79.6 cm³/mol. The van der Waals surface area contributed by atoms with Crippen LogP contribution in [0.5, 0.6) is 0 Å². The molecule has 1 aromatic heterocycles. The molecule has 0 aliphatic carbocycles. The van der Waals surface area contributed by atoms with Gasteiger partial charge in [0.05, 0.1) is 4.92 Å². The van der Waals surface area contributed by atoms with Crippen molar-refractivity contribution in [2.75, 3.05) is 24.3 Å². The number of benzene rings is 1. The maximum absolute atomic E-state index is 12.4. The summed E-state index contributed by atoms with van der Waals surface area (Å²) >= 11 is 0. The van der Waals surface area contributed by atoms with Crippen molar-refractivity contribution in [2.45, 2.75) is 0 Å².